The van der Waals surface area contributed by atoms with Gasteiger partial charge in [0.1, 0.15) is 25.4 Å². The van der Waals surface area contributed by atoms with Gasteiger partial charge in [-0.05, 0) is 32.1 Å². The van der Waals surface area contributed by atoms with Crippen LogP contribution in [0.25, 0.3) is 0 Å². The number of unbranched alkanes of at least 4 members (excludes halogenated alkanes) is 23. The van der Waals surface area contributed by atoms with Gasteiger partial charge >= 0.3 is 17.9 Å². The average Bonchev–Trinajstić information content (AvgIpc) is 3.14. The Balaban J connectivity index is 4.57. The van der Waals surface area contributed by atoms with Crippen molar-refractivity contribution in [3.63, 3.8) is 0 Å². The van der Waals surface area contributed by atoms with Crippen molar-refractivity contribution < 1.29 is 49.4 Å². The van der Waals surface area contributed by atoms with E-state index in [0.717, 1.165) is 122 Å². The molecule has 0 saturated carbocycles. The van der Waals surface area contributed by atoms with E-state index in [1.165, 1.54) is 64.2 Å². The van der Waals surface area contributed by atoms with Crippen LogP contribution in [0.2, 0.25) is 0 Å². The predicted molar refractivity (Wildman–Crippen MR) is 207 cm³/mol. The summed E-state index contributed by atoms with van der Waals surface area (Å²) in [5, 5.41) is 46.0. The van der Waals surface area contributed by atoms with Crippen LogP contribution in [0.4, 0.5) is 0 Å². The molecule has 0 aromatic carbocycles. The Kier molecular flexibility index (Phi) is 35.0. The van der Waals surface area contributed by atoms with Crippen LogP contribution in [0.1, 0.15) is 206 Å². The van der Waals surface area contributed by atoms with E-state index in [-0.39, 0.29) is 25.2 Å². The monoisotopic (exact) mass is 745 g/mol. The maximum absolute atomic E-state index is 13.7. The van der Waals surface area contributed by atoms with Gasteiger partial charge in [0.25, 0.3) is 0 Å². The Hall–Kier alpha value is -1.75. The van der Waals surface area contributed by atoms with Crippen LogP contribution in [0.3, 0.4) is 0 Å². The van der Waals surface area contributed by atoms with Gasteiger partial charge < -0.3 is 35.0 Å². The summed E-state index contributed by atoms with van der Waals surface area (Å²) in [5.41, 5.74) is -0.550. The van der Waals surface area contributed by atoms with Crippen LogP contribution >= 0.6 is 0 Å². The fraction of sp³-hybridized carbons (Fsp3) is 0.929. The van der Waals surface area contributed by atoms with Gasteiger partial charge in [-0.15, -0.1) is 0 Å². The quantitative estimate of drug-likeness (QED) is 0.0301. The van der Waals surface area contributed by atoms with E-state index in [9.17, 15) is 29.7 Å². The smallest absolute Gasteiger partial charge is 0.312 e. The first-order valence-corrected chi connectivity index (χ1v) is 21.3. The van der Waals surface area contributed by atoms with E-state index < -0.39 is 36.8 Å². The zero-order chi connectivity index (χ0) is 38.5. The molecule has 10 heteroatoms. The van der Waals surface area contributed by atoms with Crippen LogP contribution < -0.4 is 0 Å². The van der Waals surface area contributed by atoms with E-state index in [4.69, 9.17) is 19.7 Å². The van der Waals surface area contributed by atoms with Crippen LogP contribution in [-0.4, -0.2) is 82.1 Å². The lowest BCUT2D eigenvalue weighted by molar-refractivity contribution is -0.161. The maximum Gasteiger partial charge on any atom is 0.312 e. The van der Waals surface area contributed by atoms with Crippen molar-refractivity contribution in [3.05, 3.63) is 0 Å². The van der Waals surface area contributed by atoms with E-state index in [0.29, 0.717) is 12.8 Å². The Morgan fingerprint density at radius 1 is 0.481 bits per heavy atom. The molecule has 52 heavy (non-hydrogen) atoms. The Morgan fingerprint density at radius 2 is 0.808 bits per heavy atom. The third kappa shape index (κ3) is 30.7. The molecular formula is C42H80O10. The number of hydrogen-bond donors (Lipinski definition) is 5. The molecule has 0 heterocycles. The number of rotatable bonds is 40. The molecule has 0 spiro atoms. The maximum atomic E-state index is 13.7. The molecule has 0 rings (SSSR count). The summed E-state index contributed by atoms with van der Waals surface area (Å²) in [6.07, 6.45) is 29.7. The number of hydrogen-bond acceptors (Lipinski definition) is 9. The minimum atomic E-state index is -1.06. The Bertz CT molecular complexity index is 838. The second-order valence-electron chi connectivity index (χ2n) is 15.2. The molecule has 308 valence electrons. The van der Waals surface area contributed by atoms with Crippen molar-refractivity contribution in [1.29, 1.82) is 0 Å². The van der Waals surface area contributed by atoms with Gasteiger partial charge in [-0.25, -0.2) is 0 Å². The van der Waals surface area contributed by atoms with Crippen LogP contribution in [0.5, 0.6) is 0 Å². The van der Waals surface area contributed by atoms with Crippen molar-refractivity contribution in [2.45, 2.75) is 218 Å². The van der Waals surface area contributed by atoms with Gasteiger partial charge in [0, 0.05) is 12.8 Å². The van der Waals surface area contributed by atoms with Crippen molar-refractivity contribution in [1.82, 2.24) is 0 Å². The largest absolute Gasteiger partial charge is 0.481 e. The van der Waals surface area contributed by atoms with Crippen LogP contribution in [-0.2, 0) is 23.9 Å². The third-order valence-electron chi connectivity index (χ3n) is 10.3. The van der Waals surface area contributed by atoms with Crippen molar-refractivity contribution in [2.24, 2.45) is 5.41 Å². The number of carbonyl (C=O) groups is 3. The molecule has 0 amide bonds. The highest BCUT2D eigenvalue weighted by Crippen LogP contribution is 2.39. The van der Waals surface area contributed by atoms with Gasteiger partial charge in [0.05, 0.1) is 18.6 Å². The van der Waals surface area contributed by atoms with E-state index in [1.54, 1.807) is 0 Å². The fourth-order valence-corrected chi connectivity index (χ4v) is 6.92. The molecule has 0 radical (unpaired) electrons. The van der Waals surface area contributed by atoms with Crippen LogP contribution in [0.15, 0.2) is 0 Å². The zero-order valence-electron chi connectivity index (χ0n) is 33.2. The number of aliphatic hydroxyl groups is 4. The summed E-state index contributed by atoms with van der Waals surface area (Å²) in [7, 11) is 0. The van der Waals surface area contributed by atoms with Gasteiger partial charge in [-0.1, -0.05) is 161 Å². The third-order valence-corrected chi connectivity index (χ3v) is 10.3. The van der Waals surface area contributed by atoms with E-state index >= 15 is 0 Å². The molecule has 0 fully saturated rings. The number of carboxylic acids is 1. The second kappa shape index (κ2) is 36.2. The highest BCUT2D eigenvalue weighted by Gasteiger charge is 2.38. The van der Waals surface area contributed by atoms with Gasteiger partial charge in [-0.2, -0.15) is 0 Å². The minimum Gasteiger partial charge on any atom is -0.481 e. The number of carboxylic acid groups (broad SMARTS) is 1. The molecule has 3 unspecified atom stereocenters. The summed E-state index contributed by atoms with van der Waals surface area (Å²) in [6.45, 7) is 0.992. The Morgan fingerprint density at radius 3 is 1.17 bits per heavy atom. The summed E-state index contributed by atoms with van der Waals surface area (Å²) in [6, 6.07) is 0. The zero-order valence-corrected chi connectivity index (χ0v) is 33.2. The summed E-state index contributed by atoms with van der Waals surface area (Å²) < 4.78 is 10.6. The number of ether oxygens (including phenoxy) is 2. The predicted octanol–water partition coefficient (Wildman–Crippen LogP) is 8.96. The highest BCUT2D eigenvalue weighted by molar-refractivity contribution is 5.76. The number of carbonyl (C=O) groups excluding carboxylic acids is 2. The Labute approximate surface area is 316 Å². The van der Waals surface area contributed by atoms with Gasteiger partial charge in [-0.3, -0.25) is 14.4 Å². The molecule has 10 nitrogen and oxygen atoms in total. The first-order valence-electron chi connectivity index (χ1n) is 21.3. The lowest BCUT2D eigenvalue weighted by Gasteiger charge is -2.32. The van der Waals surface area contributed by atoms with Gasteiger partial charge in [0.2, 0.25) is 0 Å². The van der Waals surface area contributed by atoms with E-state index in [2.05, 4.69) is 6.92 Å². The van der Waals surface area contributed by atoms with Crippen LogP contribution in [0, 0.1) is 5.41 Å². The molecule has 0 bridgehead atoms. The van der Waals surface area contributed by atoms with Crippen molar-refractivity contribution in [3.8, 4) is 0 Å². The fourth-order valence-electron chi connectivity index (χ4n) is 6.92. The van der Waals surface area contributed by atoms with Crippen molar-refractivity contribution in [2.75, 3.05) is 26.4 Å². The molecule has 0 aliphatic heterocycles. The van der Waals surface area contributed by atoms with E-state index in [1.807, 2.05) is 0 Å². The average molecular weight is 745 g/mol. The molecular weight excluding hydrogens is 664 g/mol. The minimum absolute atomic E-state index is 0.170. The van der Waals surface area contributed by atoms with Gasteiger partial charge in [0.15, 0.2) is 0 Å². The molecule has 0 saturated heterocycles. The SMILES string of the molecule is CCCCCCC(CCCCCCCCCCCCCCCCCC(=O)O)(CCCCCCCCCC(=O)OCC(O)CO)C(=O)OCC(O)CO. The lowest BCUT2D eigenvalue weighted by Crippen LogP contribution is -2.35. The highest BCUT2D eigenvalue weighted by atomic mass is 16.5. The summed E-state index contributed by atoms with van der Waals surface area (Å²) in [5.74, 6) is -1.25. The first-order chi connectivity index (χ1) is 25.2. The number of aliphatic carboxylic acids is 1. The number of aliphatic hydroxyl groups excluding tert-OH is 4. The summed E-state index contributed by atoms with van der Waals surface area (Å²) >= 11 is 0. The molecule has 0 aliphatic carbocycles. The molecule has 0 aliphatic rings. The van der Waals surface area contributed by atoms with Crippen molar-refractivity contribution >= 4 is 17.9 Å². The molecule has 3 atom stereocenters. The number of esters is 2. The normalized spacial score (nSPS) is 13.8. The molecule has 0 aromatic rings. The first kappa shape index (κ1) is 50.2. The topological polar surface area (TPSA) is 171 Å². The molecule has 0 aromatic heterocycles. The summed E-state index contributed by atoms with van der Waals surface area (Å²) in [4.78, 5) is 36.0. The lowest BCUT2D eigenvalue weighted by atomic mass is 9.74. The standard InChI is InChI=1S/C42H80O10/c1-2-3-4-25-30-42(41(50)52-36-38(46)34-44,32-27-22-18-14-16-20-24-29-40(49)51-35-37(45)33-43)31-26-21-17-13-11-9-7-5-6-8-10-12-15-19-23-28-39(47)48/h37-38,43-46H,2-36H2,1H3,(H,47,48). The molecule has 5 N–H and O–H groups in total. The second-order valence-corrected chi connectivity index (χ2v) is 15.2.